The lowest BCUT2D eigenvalue weighted by Crippen LogP contribution is -2.29. The first-order valence-corrected chi connectivity index (χ1v) is 5.90. The first-order chi connectivity index (χ1) is 7.04. The van der Waals surface area contributed by atoms with Gasteiger partial charge >= 0.3 is 0 Å². The number of halogens is 2. The van der Waals surface area contributed by atoms with Gasteiger partial charge in [0.15, 0.2) is 0 Å². The average molecular weight is 294 g/mol. The van der Waals surface area contributed by atoms with Crippen LogP contribution in [0.15, 0.2) is 16.7 Å². The second kappa shape index (κ2) is 5.68. The molecule has 0 amide bonds. The van der Waals surface area contributed by atoms with E-state index in [1.54, 1.807) is 12.3 Å². The number of aromatic nitrogens is 1. The number of hydrogen-bond donors (Lipinski definition) is 2. The highest BCUT2D eigenvalue weighted by atomic mass is 79.9. The molecule has 1 rings (SSSR count). The van der Waals surface area contributed by atoms with Crippen LogP contribution in [0.4, 0.5) is 5.82 Å². The van der Waals surface area contributed by atoms with Gasteiger partial charge in [0.25, 0.3) is 0 Å². The SMILES string of the molecule is CC(C)[C@@H](CO)Nc1ncc(Cl)cc1Br. The van der Waals surface area contributed by atoms with Crippen LogP contribution < -0.4 is 5.32 Å². The van der Waals surface area contributed by atoms with E-state index in [0.29, 0.717) is 16.8 Å². The van der Waals surface area contributed by atoms with Crippen molar-refractivity contribution < 1.29 is 5.11 Å². The lowest BCUT2D eigenvalue weighted by molar-refractivity contribution is 0.249. The highest BCUT2D eigenvalue weighted by Gasteiger charge is 2.13. The molecule has 0 saturated heterocycles. The summed E-state index contributed by atoms with van der Waals surface area (Å²) < 4.78 is 0.800. The molecule has 0 fully saturated rings. The molecule has 84 valence electrons. The standard InChI is InChI=1S/C10H14BrClN2O/c1-6(2)9(5-15)14-10-8(11)3-7(12)4-13-10/h3-4,6,9,15H,5H2,1-2H3,(H,13,14)/t9-/m1/s1. The summed E-state index contributed by atoms with van der Waals surface area (Å²) in [5.74, 6) is 1.03. The number of aliphatic hydroxyl groups excluding tert-OH is 1. The number of aliphatic hydroxyl groups is 1. The minimum absolute atomic E-state index is 0.00465. The van der Waals surface area contributed by atoms with Gasteiger partial charge in [-0.3, -0.25) is 0 Å². The van der Waals surface area contributed by atoms with Crippen molar-refractivity contribution in [1.82, 2.24) is 4.98 Å². The van der Waals surface area contributed by atoms with Gasteiger partial charge in [0, 0.05) is 6.20 Å². The van der Waals surface area contributed by atoms with Crippen molar-refractivity contribution in [3.63, 3.8) is 0 Å². The number of nitrogens with zero attached hydrogens (tertiary/aromatic N) is 1. The molecule has 0 aromatic carbocycles. The quantitative estimate of drug-likeness (QED) is 0.897. The predicted octanol–water partition coefficient (Wildman–Crippen LogP) is 2.93. The third-order valence-corrected chi connectivity index (χ3v) is 2.94. The smallest absolute Gasteiger partial charge is 0.140 e. The Morgan fingerprint density at radius 3 is 2.73 bits per heavy atom. The van der Waals surface area contributed by atoms with E-state index in [4.69, 9.17) is 11.6 Å². The molecule has 5 heteroatoms. The molecule has 0 spiro atoms. The summed E-state index contributed by atoms with van der Waals surface area (Å²) in [6.45, 7) is 4.16. The van der Waals surface area contributed by atoms with E-state index in [0.717, 1.165) is 4.47 Å². The zero-order chi connectivity index (χ0) is 11.4. The van der Waals surface area contributed by atoms with Crippen molar-refractivity contribution in [3.05, 3.63) is 21.8 Å². The van der Waals surface area contributed by atoms with E-state index in [1.165, 1.54) is 0 Å². The molecular weight excluding hydrogens is 279 g/mol. The number of hydrogen-bond acceptors (Lipinski definition) is 3. The van der Waals surface area contributed by atoms with E-state index in [9.17, 15) is 5.11 Å². The van der Waals surface area contributed by atoms with Crippen LogP contribution in [-0.4, -0.2) is 22.7 Å². The van der Waals surface area contributed by atoms with Gasteiger partial charge in [-0.05, 0) is 27.9 Å². The van der Waals surface area contributed by atoms with Crippen molar-refractivity contribution in [2.75, 3.05) is 11.9 Å². The Labute approximate surface area is 103 Å². The summed E-state index contributed by atoms with van der Waals surface area (Å²) in [5, 5.41) is 12.9. The van der Waals surface area contributed by atoms with E-state index >= 15 is 0 Å². The topological polar surface area (TPSA) is 45.1 Å². The van der Waals surface area contributed by atoms with Crippen molar-refractivity contribution in [1.29, 1.82) is 0 Å². The molecule has 0 saturated carbocycles. The Kier molecular flexibility index (Phi) is 4.83. The summed E-state index contributed by atoms with van der Waals surface area (Å²) >= 11 is 9.14. The molecule has 0 aliphatic heterocycles. The van der Waals surface area contributed by atoms with Crippen LogP contribution in [0.5, 0.6) is 0 Å². The Morgan fingerprint density at radius 2 is 2.27 bits per heavy atom. The molecule has 1 aromatic rings. The predicted molar refractivity (Wildman–Crippen MR) is 66.3 cm³/mol. The summed E-state index contributed by atoms with van der Waals surface area (Å²) in [7, 11) is 0. The van der Waals surface area contributed by atoms with Gasteiger partial charge in [-0.25, -0.2) is 4.98 Å². The molecule has 15 heavy (non-hydrogen) atoms. The maximum Gasteiger partial charge on any atom is 0.140 e. The molecule has 0 bridgehead atoms. The first kappa shape index (κ1) is 12.7. The van der Waals surface area contributed by atoms with Gasteiger partial charge in [-0.2, -0.15) is 0 Å². The van der Waals surface area contributed by atoms with Crippen LogP contribution in [0, 0.1) is 5.92 Å². The van der Waals surface area contributed by atoms with E-state index < -0.39 is 0 Å². The average Bonchev–Trinajstić information content (AvgIpc) is 2.16. The van der Waals surface area contributed by atoms with Crippen LogP contribution in [-0.2, 0) is 0 Å². The Hall–Kier alpha value is -0.320. The molecule has 1 heterocycles. The molecule has 0 aliphatic carbocycles. The van der Waals surface area contributed by atoms with Gasteiger partial charge in [0.2, 0.25) is 0 Å². The number of pyridine rings is 1. The van der Waals surface area contributed by atoms with Crippen LogP contribution in [0.1, 0.15) is 13.8 Å². The molecule has 3 nitrogen and oxygen atoms in total. The van der Waals surface area contributed by atoms with Crippen LogP contribution in [0.2, 0.25) is 5.02 Å². The third kappa shape index (κ3) is 3.63. The Morgan fingerprint density at radius 1 is 1.60 bits per heavy atom. The number of anilines is 1. The number of rotatable bonds is 4. The second-order valence-electron chi connectivity index (χ2n) is 3.66. The van der Waals surface area contributed by atoms with Crippen LogP contribution in [0.3, 0.4) is 0 Å². The maximum absolute atomic E-state index is 9.17. The fourth-order valence-electron chi connectivity index (χ4n) is 1.12. The third-order valence-electron chi connectivity index (χ3n) is 2.13. The molecule has 1 atom stereocenters. The van der Waals surface area contributed by atoms with E-state index in [-0.39, 0.29) is 12.6 Å². The Bertz CT molecular complexity index is 333. The van der Waals surface area contributed by atoms with Gasteiger partial charge in [-0.15, -0.1) is 0 Å². The van der Waals surface area contributed by atoms with Gasteiger partial charge in [0.05, 0.1) is 22.1 Å². The normalized spacial score (nSPS) is 12.9. The largest absolute Gasteiger partial charge is 0.394 e. The Balaban J connectivity index is 2.79. The summed E-state index contributed by atoms with van der Waals surface area (Å²) in [6, 6.07) is 1.76. The second-order valence-corrected chi connectivity index (χ2v) is 4.95. The molecular formula is C10H14BrClN2O. The summed E-state index contributed by atoms with van der Waals surface area (Å²) in [6.07, 6.45) is 1.57. The highest BCUT2D eigenvalue weighted by molar-refractivity contribution is 9.10. The molecule has 2 N–H and O–H groups in total. The monoisotopic (exact) mass is 292 g/mol. The minimum atomic E-state index is -0.00465. The van der Waals surface area contributed by atoms with Crippen LogP contribution >= 0.6 is 27.5 Å². The lowest BCUT2D eigenvalue weighted by atomic mass is 10.1. The van der Waals surface area contributed by atoms with Crippen molar-refractivity contribution in [2.24, 2.45) is 5.92 Å². The van der Waals surface area contributed by atoms with Crippen molar-refractivity contribution in [2.45, 2.75) is 19.9 Å². The number of nitrogens with one attached hydrogen (secondary N) is 1. The fourth-order valence-corrected chi connectivity index (χ4v) is 1.87. The van der Waals surface area contributed by atoms with Crippen LogP contribution in [0.25, 0.3) is 0 Å². The molecule has 0 aliphatic rings. The lowest BCUT2D eigenvalue weighted by Gasteiger charge is -2.21. The molecule has 1 aromatic heterocycles. The van der Waals surface area contributed by atoms with Gasteiger partial charge < -0.3 is 10.4 Å². The van der Waals surface area contributed by atoms with Gasteiger partial charge in [0.1, 0.15) is 5.82 Å². The highest BCUT2D eigenvalue weighted by Crippen LogP contribution is 2.24. The maximum atomic E-state index is 9.17. The minimum Gasteiger partial charge on any atom is -0.394 e. The fraction of sp³-hybridized carbons (Fsp3) is 0.500. The zero-order valence-corrected chi connectivity index (χ0v) is 11.0. The summed E-state index contributed by atoms with van der Waals surface area (Å²) in [5.41, 5.74) is 0. The molecule has 0 radical (unpaired) electrons. The van der Waals surface area contributed by atoms with Crippen molar-refractivity contribution >= 4 is 33.3 Å². The van der Waals surface area contributed by atoms with Gasteiger partial charge in [-0.1, -0.05) is 25.4 Å². The van der Waals surface area contributed by atoms with E-state index in [1.807, 2.05) is 13.8 Å². The van der Waals surface area contributed by atoms with Crippen molar-refractivity contribution in [3.8, 4) is 0 Å². The van der Waals surface area contributed by atoms with E-state index in [2.05, 4.69) is 26.2 Å². The molecule has 0 unspecified atom stereocenters. The zero-order valence-electron chi connectivity index (χ0n) is 8.67. The summed E-state index contributed by atoms with van der Waals surface area (Å²) in [4.78, 5) is 4.15. The first-order valence-electron chi connectivity index (χ1n) is 4.73.